The number of benzene rings is 1. The SMILES string of the molecule is O=[N+]([O-])c1ccc(N/N=C(\C(C(F)(F)F)C(F)(F)F)C(F)(F)C(F)(F)F)c([N+](=O)[O-])c1. The standard InChI is InChI=1S/C12H5F11N4O4/c13-9(14,12(21,22)23)8(7(10(15,16)17)11(18,19)20)25-24-5-2-1-4(26(28)29)3-6(5)27(30)31/h1-3,7,24H/b25-8+. The third-order valence-corrected chi connectivity index (χ3v) is 3.29. The first-order chi connectivity index (χ1) is 13.7. The second-order valence-corrected chi connectivity index (χ2v) is 5.41. The van der Waals surface area contributed by atoms with Crippen molar-refractivity contribution in [3.63, 3.8) is 0 Å². The van der Waals surface area contributed by atoms with Crippen LogP contribution in [0.3, 0.4) is 0 Å². The van der Waals surface area contributed by atoms with Gasteiger partial charge in [-0.25, -0.2) is 0 Å². The Morgan fingerprint density at radius 1 is 0.871 bits per heavy atom. The zero-order chi connectivity index (χ0) is 24.6. The predicted octanol–water partition coefficient (Wildman–Crippen LogP) is 5.21. The number of hydrazone groups is 1. The van der Waals surface area contributed by atoms with E-state index in [0.29, 0.717) is 6.07 Å². The molecule has 8 nitrogen and oxygen atoms in total. The minimum Gasteiger partial charge on any atom is -0.272 e. The summed E-state index contributed by atoms with van der Waals surface area (Å²) < 4.78 is 141. The fourth-order valence-corrected chi connectivity index (χ4v) is 1.96. The number of halogens is 11. The van der Waals surface area contributed by atoms with Gasteiger partial charge >= 0.3 is 30.1 Å². The normalized spacial score (nSPS) is 14.0. The number of nitrogens with zero attached hydrogens (tertiary/aromatic N) is 3. The Balaban J connectivity index is 3.73. The van der Waals surface area contributed by atoms with Crippen LogP contribution in [-0.2, 0) is 0 Å². The van der Waals surface area contributed by atoms with Crippen molar-refractivity contribution < 1.29 is 58.1 Å². The Labute approximate surface area is 161 Å². The number of nitrogens with one attached hydrogen (secondary N) is 1. The third-order valence-electron chi connectivity index (χ3n) is 3.29. The van der Waals surface area contributed by atoms with Crippen LogP contribution in [0.2, 0.25) is 0 Å². The zero-order valence-corrected chi connectivity index (χ0v) is 13.9. The molecule has 0 saturated carbocycles. The third kappa shape index (κ3) is 5.66. The number of nitro benzene ring substituents is 2. The summed E-state index contributed by atoms with van der Waals surface area (Å²) in [5.41, 5.74) is -6.69. The van der Waals surface area contributed by atoms with Crippen LogP contribution < -0.4 is 5.43 Å². The van der Waals surface area contributed by atoms with E-state index in [4.69, 9.17) is 0 Å². The molecule has 1 N–H and O–H groups in total. The molecular weight excluding hydrogens is 473 g/mol. The highest BCUT2D eigenvalue weighted by molar-refractivity contribution is 5.95. The Morgan fingerprint density at radius 2 is 1.35 bits per heavy atom. The van der Waals surface area contributed by atoms with E-state index < -0.39 is 63.0 Å². The van der Waals surface area contributed by atoms with Gasteiger partial charge in [0, 0.05) is 6.07 Å². The summed E-state index contributed by atoms with van der Waals surface area (Å²) in [6.45, 7) is 0. The first kappa shape index (κ1) is 25.8. The van der Waals surface area contributed by atoms with Crippen molar-refractivity contribution >= 4 is 22.8 Å². The maximum absolute atomic E-state index is 13.5. The highest BCUT2D eigenvalue weighted by Crippen LogP contribution is 2.47. The molecule has 0 bridgehead atoms. The van der Waals surface area contributed by atoms with E-state index in [0.717, 1.165) is 5.43 Å². The summed E-state index contributed by atoms with van der Waals surface area (Å²) in [5.74, 6) is -12.2. The van der Waals surface area contributed by atoms with Gasteiger partial charge in [-0.3, -0.25) is 25.7 Å². The van der Waals surface area contributed by atoms with E-state index >= 15 is 0 Å². The van der Waals surface area contributed by atoms with Gasteiger partial charge in [0.25, 0.3) is 5.69 Å². The fourth-order valence-electron chi connectivity index (χ4n) is 1.96. The van der Waals surface area contributed by atoms with Crippen LogP contribution in [0.5, 0.6) is 0 Å². The Bertz CT molecular complexity index is 878. The summed E-state index contributed by atoms with van der Waals surface area (Å²) in [6.07, 6.45) is -20.4. The molecule has 0 spiro atoms. The molecule has 1 aromatic rings. The molecule has 174 valence electrons. The Morgan fingerprint density at radius 3 is 1.71 bits per heavy atom. The van der Waals surface area contributed by atoms with Crippen LogP contribution in [0.1, 0.15) is 0 Å². The molecule has 0 radical (unpaired) electrons. The number of hydrogen-bond acceptors (Lipinski definition) is 6. The number of nitro groups is 2. The molecule has 0 aromatic heterocycles. The first-order valence-electron chi connectivity index (χ1n) is 7.06. The molecule has 0 heterocycles. The fraction of sp³-hybridized carbons (Fsp3) is 0.417. The van der Waals surface area contributed by atoms with Gasteiger partial charge in [0.2, 0.25) is 0 Å². The van der Waals surface area contributed by atoms with Gasteiger partial charge in [-0.2, -0.15) is 53.4 Å². The highest BCUT2D eigenvalue weighted by atomic mass is 19.4. The largest absolute Gasteiger partial charge is 0.459 e. The van der Waals surface area contributed by atoms with Crippen LogP contribution in [0.25, 0.3) is 0 Å². The lowest BCUT2D eigenvalue weighted by Gasteiger charge is -2.29. The van der Waals surface area contributed by atoms with Crippen molar-refractivity contribution in [3.05, 3.63) is 38.4 Å². The maximum Gasteiger partial charge on any atom is 0.459 e. The molecule has 0 aliphatic rings. The molecule has 19 heteroatoms. The van der Waals surface area contributed by atoms with Gasteiger partial charge in [-0.05, 0) is 6.07 Å². The van der Waals surface area contributed by atoms with Gasteiger partial charge in [-0.15, -0.1) is 0 Å². The van der Waals surface area contributed by atoms with E-state index in [1.54, 1.807) is 0 Å². The second-order valence-electron chi connectivity index (χ2n) is 5.41. The molecular formula is C12H5F11N4O4. The van der Waals surface area contributed by atoms with E-state index in [1.807, 2.05) is 5.10 Å². The second kappa shape index (κ2) is 8.10. The van der Waals surface area contributed by atoms with Crippen LogP contribution >= 0.6 is 0 Å². The van der Waals surface area contributed by atoms with Gasteiger partial charge in [0.1, 0.15) is 11.4 Å². The van der Waals surface area contributed by atoms with Gasteiger partial charge < -0.3 is 0 Å². The molecule has 0 unspecified atom stereocenters. The summed E-state index contributed by atoms with van der Waals surface area (Å²) >= 11 is 0. The molecule has 0 aliphatic heterocycles. The quantitative estimate of drug-likeness (QED) is 0.261. The molecule has 0 saturated heterocycles. The van der Waals surface area contributed by atoms with E-state index in [1.165, 1.54) is 0 Å². The number of alkyl halides is 11. The minimum atomic E-state index is -6.97. The monoisotopic (exact) mass is 478 g/mol. The van der Waals surface area contributed by atoms with Crippen LogP contribution in [0.4, 0.5) is 65.4 Å². The lowest BCUT2D eigenvalue weighted by molar-refractivity contribution is -0.393. The lowest BCUT2D eigenvalue weighted by atomic mass is 9.96. The molecule has 0 fully saturated rings. The smallest absolute Gasteiger partial charge is 0.272 e. The van der Waals surface area contributed by atoms with E-state index in [-0.39, 0.29) is 12.1 Å². The summed E-state index contributed by atoms with van der Waals surface area (Å²) in [7, 11) is 0. The molecule has 1 aromatic carbocycles. The number of hydrogen-bond donors (Lipinski definition) is 1. The van der Waals surface area contributed by atoms with Crippen molar-refractivity contribution in [1.82, 2.24) is 0 Å². The summed E-state index contributed by atoms with van der Waals surface area (Å²) in [5, 5.41) is 23.3. The zero-order valence-electron chi connectivity index (χ0n) is 13.9. The van der Waals surface area contributed by atoms with Crippen molar-refractivity contribution in [1.29, 1.82) is 0 Å². The van der Waals surface area contributed by atoms with Gasteiger partial charge in [-0.1, -0.05) is 0 Å². The molecule has 0 atom stereocenters. The number of non-ortho nitro benzene ring substituents is 1. The van der Waals surface area contributed by atoms with Crippen molar-refractivity contribution in [2.45, 2.75) is 24.5 Å². The average molecular weight is 478 g/mol. The van der Waals surface area contributed by atoms with Crippen molar-refractivity contribution in [2.24, 2.45) is 11.0 Å². The van der Waals surface area contributed by atoms with Crippen LogP contribution in [0.15, 0.2) is 23.3 Å². The lowest BCUT2D eigenvalue weighted by Crippen LogP contribution is -2.55. The topological polar surface area (TPSA) is 111 Å². The van der Waals surface area contributed by atoms with Gasteiger partial charge in [0.05, 0.1) is 15.9 Å². The maximum atomic E-state index is 13.5. The van der Waals surface area contributed by atoms with Crippen LogP contribution in [-0.4, -0.2) is 40.0 Å². The van der Waals surface area contributed by atoms with E-state index in [2.05, 4.69) is 0 Å². The first-order valence-corrected chi connectivity index (χ1v) is 7.06. The summed E-state index contributed by atoms with van der Waals surface area (Å²) in [4.78, 5) is 18.7. The molecule has 0 amide bonds. The summed E-state index contributed by atoms with van der Waals surface area (Å²) in [6, 6.07) is 0.737. The molecule has 0 aliphatic carbocycles. The molecule has 1 rings (SSSR count). The average Bonchev–Trinajstić information content (AvgIpc) is 2.54. The van der Waals surface area contributed by atoms with Gasteiger partial charge in [0.15, 0.2) is 5.92 Å². The van der Waals surface area contributed by atoms with Crippen LogP contribution in [0, 0.1) is 26.1 Å². The number of rotatable bonds is 6. The van der Waals surface area contributed by atoms with E-state index in [9.17, 15) is 68.5 Å². The Hall–Kier alpha value is -3.28. The Kier molecular flexibility index (Phi) is 6.73. The minimum absolute atomic E-state index is 0.102. The number of anilines is 1. The predicted molar refractivity (Wildman–Crippen MR) is 77.4 cm³/mol. The highest BCUT2D eigenvalue weighted by Gasteiger charge is 2.71. The molecule has 31 heavy (non-hydrogen) atoms. The van der Waals surface area contributed by atoms with Crippen molar-refractivity contribution in [3.8, 4) is 0 Å². The van der Waals surface area contributed by atoms with Crippen molar-refractivity contribution in [2.75, 3.05) is 5.43 Å².